The van der Waals surface area contributed by atoms with E-state index in [1.807, 2.05) is 13.0 Å². The van der Waals surface area contributed by atoms with Crippen molar-refractivity contribution in [2.45, 2.75) is 25.8 Å². The second kappa shape index (κ2) is 3.56. The summed E-state index contributed by atoms with van der Waals surface area (Å²) >= 11 is 0. The number of nitrogens with one attached hydrogen (secondary N) is 1. The van der Waals surface area contributed by atoms with Gasteiger partial charge in [-0.25, -0.2) is 9.97 Å². The van der Waals surface area contributed by atoms with Crippen molar-refractivity contribution < 1.29 is 0 Å². The molecule has 2 rings (SSSR count). The second-order valence-electron chi connectivity index (χ2n) is 3.27. The summed E-state index contributed by atoms with van der Waals surface area (Å²) in [4.78, 5) is 8.33. The normalized spacial score (nSPS) is 16.4. The fourth-order valence-corrected chi connectivity index (χ4v) is 1.48. The molecule has 0 fully saturated rings. The third-order valence-electron chi connectivity index (χ3n) is 2.14. The van der Waals surface area contributed by atoms with Crippen LogP contribution in [0.5, 0.6) is 0 Å². The third-order valence-corrected chi connectivity index (χ3v) is 2.14. The van der Waals surface area contributed by atoms with Crippen LogP contribution in [0.4, 0.5) is 5.82 Å². The maximum Gasteiger partial charge on any atom is 0.129 e. The minimum absolute atomic E-state index is 0.522. The summed E-state index contributed by atoms with van der Waals surface area (Å²) in [6.07, 6.45) is 8.39. The molecule has 0 saturated carbocycles. The number of nitrogens with zero attached hydrogens (tertiary/aromatic N) is 2. The van der Waals surface area contributed by atoms with Gasteiger partial charge in [-0.3, -0.25) is 0 Å². The number of hydrogen-bond donors (Lipinski definition) is 1. The summed E-state index contributed by atoms with van der Waals surface area (Å²) in [7, 11) is 0. The summed E-state index contributed by atoms with van der Waals surface area (Å²) in [5.41, 5.74) is 0. The van der Waals surface area contributed by atoms with Crippen molar-refractivity contribution in [1.82, 2.24) is 9.97 Å². The fraction of sp³-hybridized carbons (Fsp3) is 0.400. The molecule has 1 aromatic heterocycles. The zero-order valence-electron chi connectivity index (χ0n) is 7.70. The summed E-state index contributed by atoms with van der Waals surface area (Å²) < 4.78 is 0. The molecule has 1 aromatic rings. The van der Waals surface area contributed by atoms with Crippen LogP contribution in [-0.4, -0.2) is 16.0 Å². The van der Waals surface area contributed by atoms with E-state index in [-0.39, 0.29) is 0 Å². The van der Waals surface area contributed by atoms with Gasteiger partial charge in [-0.05, 0) is 25.8 Å². The van der Waals surface area contributed by atoms with Gasteiger partial charge in [-0.15, -0.1) is 0 Å². The quantitative estimate of drug-likeness (QED) is 0.698. The number of anilines is 1. The maximum absolute atomic E-state index is 4.29. The van der Waals surface area contributed by atoms with E-state index >= 15 is 0 Å². The third kappa shape index (κ3) is 2.05. The minimum Gasteiger partial charge on any atom is -0.367 e. The van der Waals surface area contributed by atoms with Crippen LogP contribution >= 0.6 is 0 Å². The Labute approximate surface area is 77.9 Å². The molecule has 68 valence electrons. The molecule has 0 bridgehead atoms. The Morgan fingerprint density at radius 2 is 2.15 bits per heavy atom. The first-order valence-corrected chi connectivity index (χ1v) is 4.56. The average molecular weight is 175 g/mol. The van der Waals surface area contributed by atoms with Crippen molar-refractivity contribution in [1.29, 1.82) is 0 Å². The molecule has 3 nitrogen and oxygen atoms in total. The molecule has 1 heterocycles. The van der Waals surface area contributed by atoms with Gasteiger partial charge in [0.2, 0.25) is 0 Å². The second-order valence-corrected chi connectivity index (χ2v) is 3.27. The molecule has 0 unspecified atom stereocenters. The summed E-state index contributed by atoms with van der Waals surface area (Å²) in [6, 6.07) is 2.43. The van der Waals surface area contributed by atoms with Crippen molar-refractivity contribution in [2.24, 2.45) is 0 Å². The van der Waals surface area contributed by atoms with Crippen molar-refractivity contribution in [2.75, 3.05) is 5.32 Å². The molecule has 0 amide bonds. The van der Waals surface area contributed by atoms with Gasteiger partial charge in [0.1, 0.15) is 11.6 Å². The SMILES string of the molecule is Cc1nccc(NC2CC=CC2)n1. The molecule has 3 heteroatoms. The fourth-order valence-electron chi connectivity index (χ4n) is 1.48. The summed E-state index contributed by atoms with van der Waals surface area (Å²) in [6.45, 7) is 1.90. The van der Waals surface area contributed by atoms with E-state index in [4.69, 9.17) is 0 Å². The van der Waals surface area contributed by atoms with Crippen LogP contribution in [-0.2, 0) is 0 Å². The molecular weight excluding hydrogens is 162 g/mol. The van der Waals surface area contributed by atoms with E-state index in [9.17, 15) is 0 Å². The zero-order chi connectivity index (χ0) is 9.10. The highest BCUT2D eigenvalue weighted by molar-refractivity contribution is 5.35. The van der Waals surface area contributed by atoms with Gasteiger partial charge in [0.05, 0.1) is 0 Å². The Kier molecular flexibility index (Phi) is 2.25. The standard InChI is InChI=1S/C10H13N3/c1-8-11-7-6-10(12-8)13-9-4-2-3-5-9/h2-3,6-7,9H,4-5H2,1H3,(H,11,12,13). The van der Waals surface area contributed by atoms with Gasteiger partial charge < -0.3 is 5.32 Å². The maximum atomic E-state index is 4.29. The van der Waals surface area contributed by atoms with Gasteiger partial charge in [-0.1, -0.05) is 12.2 Å². The summed E-state index contributed by atoms with van der Waals surface area (Å²) in [5.74, 6) is 1.75. The molecule has 0 atom stereocenters. The topological polar surface area (TPSA) is 37.8 Å². The van der Waals surface area contributed by atoms with Gasteiger partial charge >= 0.3 is 0 Å². The lowest BCUT2D eigenvalue weighted by Gasteiger charge is -2.12. The molecule has 0 spiro atoms. The van der Waals surface area contributed by atoms with Crippen LogP contribution in [0.15, 0.2) is 24.4 Å². The van der Waals surface area contributed by atoms with Crippen molar-refractivity contribution >= 4 is 5.82 Å². The zero-order valence-corrected chi connectivity index (χ0v) is 7.70. The van der Waals surface area contributed by atoms with E-state index in [0.717, 1.165) is 24.5 Å². The van der Waals surface area contributed by atoms with Gasteiger partial charge in [0.25, 0.3) is 0 Å². The van der Waals surface area contributed by atoms with E-state index in [1.165, 1.54) is 0 Å². The predicted molar refractivity (Wildman–Crippen MR) is 52.6 cm³/mol. The van der Waals surface area contributed by atoms with E-state index < -0.39 is 0 Å². The lowest BCUT2D eigenvalue weighted by Crippen LogP contribution is -2.16. The van der Waals surface area contributed by atoms with Crippen molar-refractivity contribution in [3.8, 4) is 0 Å². The van der Waals surface area contributed by atoms with Gasteiger partial charge in [0.15, 0.2) is 0 Å². The van der Waals surface area contributed by atoms with Crippen molar-refractivity contribution in [3.63, 3.8) is 0 Å². The number of aryl methyl sites for hydroxylation is 1. The number of hydrogen-bond acceptors (Lipinski definition) is 3. The van der Waals surface area contributed by atoms with E-state index in [0.29, 0.717) is 6.04 Å². The van der Waals surface area contributed by atoms with Crippen LogP contribution < -0.4 is 5.32 Å². The van der Waals surface area contributed by atoms with E-state index in [2.05, 4.69) is 27.4 Å². The van der Waals surface area contributed by atoms with Crippen LogP contribution in [0.25, 0.3) is 0 Å². The molecule has 0 aromatic carbocycles. The van der Waals surface area contributed by atoms with Gasteiger partial charge in [-0.2, -0.15) is 0 Å². The molecule has 0 radical (unpaired) electrons. The molecule has 1 N–H and O–H groups in total. The van der Waals surface area contributed by atoms with Crippen LogP contribution in [0, 0.1) is 6.92 Å². The molecule has 13 heavy (non-hydrogen) atoms. The molecular formula is C10H13N3. The van der Waals surface area contributed by atoms with Crippen molar-refractivity contribution in [3.05, 3.63) is 30.2 Å². The lowest BCUT2D eigenvalue weighted by molar-refractivity contribution is 0.778. The first-order valence-electron chi connectivity index (χ1n) is 4.56. The molecule has 0 aliphatic heterocycles. The Morgan fingerprint density at radius 3 is 2.85 bits per heavy atom. The van der Waals surface area contributed by atoms with Crippen LogP contribution in [0.3, 0.4) is 0 Å². The Hall–Kier alpha value is -1.38. The first-order chi connectivity index (χ1) is 6.34. The van der Waals surface area contributed by atoms with E-state index in [1.54, 1.807) is 6.20 Å². The molecule has 1 aliphatic carbocycles. The predicted octanol–water partition coefficient (Wildman–Crippen LogP) is 1.92. The number of aromatic nitrogens is 2. The molecule has 1 aliphatic rings. The highest BCUT2D eigenvalue weighted by atomic mass is 15.0. The minimum atomic E-state index is 0.522. The lowest BCUT2D eigenvalue weighted by atomic mass is 10.2. The summed E-state index contributed by atoms with van der Waals surface area (Å²) in [5, 5.41) is 3.37. The van der Waals surface area contributed by atoms with Gasteiger partial charge in [0, 0.05) is 12.2 Å². The van der Waals surface area contributed by atoms with Crippen LogP contribution in [0.2, 0.25) is 0 Å². The molecule has 0 saturated heterocycles. The largest absolute Gasteiger partial charge is 0.367 e. The highest BCUT2D eigenvalue weighted by Crippen LogP contribution is 2.14. The number of rotatable bonds is 2. The Bertz CT molecular complexity index is 312. The monoisotopic (exact) mass is 175 g/mol. The first kappa shape index (κ1) is 8.23. The smallest absolute Gasteiger partial charge is 0.129 e. The Morgan fingerprint density at radius 1 is 1.38 bits per heavy atom. The Balaban J connectivity index is 2.01. The highest BCUT2D eigenvalue weighted by Gasteiger charge is 2.09. The van der Waals surface area contributed by atoms with Crippen LogP contribution in [0.1, 0.15) is 18.7 Å². The average Bonchev–Trinajstić information content (AvgIpc) is 2.57.